The first-order valence-electron chi connectivity index (χ1n) is 11.9. The maximum atomic E-state index is 2.40. The average molecular weight is 390 g/mol. The van der Waals surface area contributed by atoms with Gasteiger partial charge in [-0.15, -0.1) is 0 Å². The molecule has 0 aliphatic carbocycles. The van der Waals surface area contributed by atoms with Crippen LogP contribution < -0.4 is 0 Å². The second-order valence-electron chi connectivity index (χ2n) is 8.67. The van der Waals surface area contributed by atoms with Gasteiger partial charge in [0.05, 0.1) is 0 Å². The van der Waals surface area contributed by atoms with Crippen molar-refractivity contribution in [3.8, 4) is 0 Å². The SMILES string of the molecule is CCCCCCCCCCCCc1ccc(CN2C=Cc3ccccc3C2)cc1. The molecule has 1 heteroatoms. The zero-order chi connectivity index (χ0) is 20.2. The largest absolute Gasteiger partial charge is 0.369 e. The maximum absolute atomic E-state index is 2.40. The van der Waals surface area contributed by atoms with Crippen LogP contribution in [0.1, 0.15) is 93.4 Å². The predicted octanol–water partition coefficient (Wildman–Crippen LogP) is 8.14. The van der Waals surface area contributed by atoms with Gasteiger partial charge in [-0.2, -0.15) is 0 Å². The summed E-state index contributed by atoms with van der Waals surface area (Å²) >= 11 is 0. The van der Waals surface area contributed by atoms with Crippen LogP contribution in [0.15, 0.2) is 54.7 Å². The first-order chi connectivity index (χ1) is 14.3. The van der Waals surface area contributed by atoms with E-state index < -0.39 is 0 Å². The van der Waals surface area contributed by atoms with Crippen LogP contribution in [0, 0.1) is 0 Å². The van der Waals surface area contributed by atoms with Gasteiger partial charge >= 0.3 is 0 Å². The second-order valence-corrected chi connectivity index (χ2v) is 8.67. The molecular weight excluding hydrogens is 350 g/mol. The lowest BCUT2D eigenvalue weighted by Crippen LogP contribution is -2.19. The van der Waals surface area contributed by atoms with E-state index in [2.05, 4.69) is 72.6 Å². The molecule has 0 atom stereocenters. The van der Waals surface area contributed by atoms with Crippen LogP contribution in [0.5, 0.6) is 0 Å². The highest BCUT2D eigenvalue weighted by Gasteiger charge is 2.10. The summed E-state index contributed by atoms with van der Waals surface area (Å²) in [5.41, 5.74) is 5.68. The highest BCUT2D eigenvalue weighted by molar-refractivity contribution is 5.55. The molecule has 1 aliphatic rings. The summed E-state index contributed by atoms with van der Waals surface area (Å²) in [6.07, 6.45) is 19.8. The Hall–Kier alpha value is -2.02. The Morgan fingerprint density at radius 2 is 1.31 bits per heavy atom. The Bertz CT molecular complexity index is 728. The number of unbranched alkanes of at least 4 members (excludes halogenated alkanes) is 9. The Morgan fingerprint density at radius 3 is 2.03 bits per heavy atom. The molecule has 0 amide bonds. The van der Waals surface area contributed by atoms with Gasteiger partial charge in [-0.3, -0.25) is 0 Å². The molecule has 1 heterocycles. The molecule has 3 rings (SSSR count). The van der Waals surface area contributed by atoms with Crippen molar-refractivity contribution in [2.75, 3.05) is 0 Å². The van der Waals surface area contributed by atoms with Crippen LogP contribution >= 0.6 is 0 Å². The lowest BCUT2D eigenvalue weighted by Gasteiger charge is -2.25. The third-order valence-electron chi connectivity index (χ3n) is 6.12. The number of nitrogens with zero attached hydrogens (tertiary/aromatic N) is 1. The van der Waals surface area contributed by atoms with Crippen molar-refractivity contribution in [3.63, 3.8) is 0 Å². The molecule has 2 aromatic rings. The number of rotatable bonds is 13. The van der Waals surface area contributed by atoms with E-state index in [9.17, 15) is 0 Å². The van der Waals surface area contributed by atoms with Gasteiger partial charge in [0.2, 0.25) is 0 Å². The quantitative estimate of drug-likeness (QED) is 0.312. The van der Waals surface area contributed by atoms with Crippen molar-refractivity contribution >= 4 is 6.08 Å². The summed E-state index contributed by atoms with van der Waals surface area (Å²) in [4.78, 5) is 2.40. The molecule has 0 radical (unpaired) electrons. The van der Waals surface area contributed by atoms with Crippen LogP contribution in [0.2, 0.25) is 0 Å². The Labute approximate surface area is 178 Å². The van der Waals surface area contributed by atoms with E-state index in [-0.39, 0.29) is 0 Å². The second kappa shape index (κ2) is 12.5. The molecule has 0 spiro atoms. The summed E-state index contributed by atoms with van der Waals surface area (Å²) in [6.45, 7) is 4.29. The molecule has 0 saturated heterocycles. The van der Waals surface area contributed by atoms with E-state index in [0.717, 1.165) is 13.1 Å². The summed E-state index contributed by atoms with van der Waals surface area (Å²) < 4.78 is 0. The molecule has 0 fully saturated rings. The van der Waals surface area contributed by atoms with Crippen LogP contribution in [-0.4, -0.2) is 4.90 Å². The fourth-order valence-electron chi connectivity index (χ4n) is 4.27. The highest BCUT2D eigenvalue weighted by Crippen LogP contribution is 2.21. The van der Waals surface area contributed by atoms with Crippen LogP contribution in [0.4, 0.5) is 0 Å². The monoisotopic (exact) mass is 389 g/mol. The zero-order valence-corrected chi connectivity index (χ0v) is 18.4. The van der Waals surface area contributed by atoms with Gasteiger partial charge in [0, 0.05) is 19.3 Å². The van der Waals surface area contributed by atoms with Gasteiger partial charge < -0.3 is 4.90 Å². The molecule has 156 valence electrons. The standard InChI is InChI=1S/C28H39N/c1-2-3-4-5-6-7-8-9-10-11-14-25-17-19-26(20-18-25)23-29-22-21-27-15-12-13-16-28(27)24-29/h12-13,15-22H,2-11,14,23-24H2,1H3. The molecular formula is C28H39N. The average Bonchev–Trinajstić information content (AvgIpc) is 2.76. The van der Waals surface area contributed by atoms with E-state index in [4.69, 9.17) is 0 Å². The van der Waals surface area contributed by atoms with E-state index >= 15 is 0 Å². The van der Waals surface area contributed by atoms with Crippen molar-refractivity contribution in [3.05, 3.63) is 77.0 Å². The number of aryl methyl sites for hydroxylation is 1. The van der Waals surface area contributed by atoms with Crippen molar-refractivity contribution in [2.45, 2.75) is 90.6 Å². The summed E-state index contributed by atoms with van der Waals surface area (Å²) in [7, 11) is 0. The minimum absolute atomic E-state index is 0.989. The number of hydrogen-bond acceptors (Lipinski definition) is 1. The minimum Gasteiger partial charge on any atom is -0.369 e. The molecule has 0 bridgehead atoms. The molecule has 1 nitrogen and oxygen atoms in total. The molecule has 0 N–H and O–H groups in total. The normalized spacial score (nSPS) is 12.9. The molecule has 1 aliphatic heterocycles. The Morgan fingerprint density at radius 1 is 0.690 bits per heavy atom. The van der Waals surface area contributed by atoms with Crippen molar-refractivity contribution in [1.82, 2.24) is 4.90 Å². The predicted molar refractivity (Wildman–Crippen MR) is 127 cm³/mol. The maximum Gasteiger partial charge on any atom is 0.0433 e. The smallest absolute Gasteiger partial charge is 0.0433 e. The first kappa shape index (κ1) is 21.7. The molecule has 0 unspecified atom stereocenters. The minimum atomic E-state index is 0.989. The Balaban J connectivity index is 1.29. The fourth-order valence-corrected chi connectivity index (χ4v) is 4.27. The van der Waals surface area contributed by atoms with Crippen LogP contribution in [-0.2, 0) is 19.5 Å². The zero-order valence-electron chi connectivity index (χ0n) is 18.4. The van der Waals surface area contributed by atoms with E-state index in [0.29, 0.717) is 0 Å². The van der Waals surface area contributed by atoms with Gasteiger partial charge in [-0.1, -0.05) is 113 Å². The molecule has 29 heavy (non-hydrogen) atoms. The molecule has 2 aromatic carbocycles. The number of fused-ring (bicyclic) bond motifs is 1. The third kappa shape index (κ3) is 7.72. The lowest BCUT2D eigenvalue weighted by atomic mass is 10.0. The van der Waals surface area contributed by atoms with E-state index in [1.807, 2.05) is 0 Å². The highest BCUT2D eigenvalue weighted by atomic mass is 15.1. The van der Waals surface area contributed by atoms with Crippen molar-refractivity contribution in [1.29, 1.82) is 0 Å². The van der Waals surface area contributed by atoms with Gasteiger partial charge in [0.1, 0.15) is 0 Å². The van der Waals surface area contributed by atoms with E-state index in [1.54, 1.807) is 0 Å². The van der Waals surface area contributed by atoms with Gasteiger partial charge in [-0.25, -0.2) is 0 Å². The number of benzene rings is 2. The van der Waals surface area contributed by atoms with Crippen LogP contribution in [0.25, 0.3) is 6.08 Å². The third-order valence-corrected chi connectivity index (χ3v) is 6.12. The fraction of sp³-hybridized carbons (Fsp3) is 0.500. The lowest BCUT2D eigenvalue weighted by molar-refractivity contribution is 0.359. The van der Waals surface area contributed by atoms with Gasteiger partial charge in [0.15, 0.2) is 0 Å². The first-order valence-corrected chi connectivity index (χ1v) is 11.9. The Kier molecular flexibility index (Phi) is 9.36. The summed E-state index contributed by atoms with van der Waals surface area (Å²) in [5.74, 6) is 0. The topological polar surface area (TPSA) is 3.24 Å². The van der Waals surface area contributed by atoms with Gasteiger partial charge in [-0.05, 0) is 41.2 Å². The van der Waals surface area contributed by atoms with Gasteiger partial charge in [0.25, 0.3) is 0 Å². The summed E-state index contributed by atoms with van der Waals surface area (Å²) in [5, 5.41) is 0. The van der Waals surface area contributed by atoms with Crippen molar-refractivity contribution < 1.29 is 0 Å². The molecule has 0 aromatic heterocycles. The van der Waals surface area contributed by atoms with Crippen LogP contribution in [0.3, 0.4) is 0 Å². The number of hydrogen-bond donors (Lipinski definition) is 0. The van der Waals surface area contributed by atoms with E-state index in [1.165, 1.54) is 92.9 Å². The summed E-state index contributed by atoms with van der Waals surface area (Å²) in [6, 6.07) is 18.0. The van der Waals surface area contributed by atoms with Crippen molar-refractivity contribution in [2.24, 2.45) is 0 Å². The molecule has 0 saturated carbocycles.